The smallest absolute Gasteiger partial charge is 0.315 e. The lowest BCUT2D eigenvalue weighted by atomic mass is 9.86. The summed E-state index contributed by atoms with van der Waals surface area (Å²) in [6.07, 6.45) is 8.44. The number of urea groups is 1. The Morgan fingerprint density at radius 3 is 2.71 bits per heavy atom. The van der Waals surface area contributed by atoms with Gasteiger partial charge in [0, 0.05) is 6.04 Å². The maximum absolute atomic E-state index is 11.7. The van der Waals surface area contributed by atoms with Crippen molar-refractivity contribution in [2.75, 3.05) is 6.61 Å². The molecule has 4 nitrogen and oxygen atoms in total. The molecule has 0 radical (unpaired) electrons. The van der Waals surface area contributed by atoms with Gasteiger partial charge in [0.2, 0.25) is 0 Å². The minimum atomic E-state index is -0.115. The van der Waals surface area contributed by atoms with Crippen LogP contribution in [0.4, 0.5) is 4.79 Å². The van der Waals surface area contributed by atoms with E-state index in [1.54, 1.807) is 0 Å². The molecule has 0 aromatic rings. The van der Waals surface area contributed by atoms with Gasteiger partial charge in [-0.1, -0.05) is 26.2 Å². The highest BCUT2D eigenvalue weighted by Gasteiger charge is 2.54. The first-order valence-electron chi connectivity index (χ1n) is 6.88. The Balaban J connectivity index is 1.73. The fraction of sp³-hybridized carbons (Fsp3) is 0.923. The van der Waals surface area contributed by atoms with Crippen molar-refractivity contribution in [2.45, 2.75) is 64.0 Å². The van der Waals surface area contributed by atoms with Crippen LogP contribution in [-0.2, 0) is 0 Å². The summed E-state index contributed by atoms with van der Waals surface area (Å²) in [4.78, 5) is 11.7. The van der Waals surface area contributed by atoms with Gasteiger partial charge in [0.05, 0.1) is 12.6 Å². The number of hydrogen-bond acceptors (Lipinski definition) is 2. The maximum Gasteiger partial charge on any atom is 0.315 e. The highest BCUT2D eigenvalue weighted by molar-refractivity contribution is 5.75. The van der Waals surface area contributed by atoms with Gasteiger partial charge in [-0.25, -0.2) is 4.79 Å². The Labute approximate surface area is 103 Å². The van der Waals surface area contributed by atoms with E-state index >= 15 is 0 Å². The van der Waals surface area contributed by atoms with Crippen LogP contribution in [0.5, 0.6) is 0 Å². The number of amides is 2. The molecule has 2 rings (SSSR count). The van der Waals surface area contributed by atoms with Crippen LogP contribution in [0.15, 0.2) is 0 Å². The standard InChI is InChI=1S/C13H24N2O2/c1-2-10(9-16)14-12(17)15-11-8-13(11)6-4-3-5-7-13/h10-11,16H,2-9H2,1H3,(H2,14,15,17)/t10-,11?/m1/s1. The van der Waals surface area contributed by atoms with Gasteiger partial charge in [0.15, 0.2) is 0 Å². The fourth-order valence-electron chi connectivity index (χ4n) is 3.02. The summed E-state index contributed by atoms with van der Waals surface area (Å²) in [5.41, 5.74) is 0.427. The minimum absolute atomic E-state index is 0.0136. The summed E-state index contributed by atoms with van der Waals surface area (Å²) in [6, 6.07) is 0.147. The lowest BCUT2D eigenvalue weighted by Gasteiger charge is -2.23. The molecule has 0 aromatic carbocycles. The largest absolute Gasteiger partial charge is 0.394 e. The third-order valence-electron chi connectivity index (χ3n) is 4.39. The van der Waals surface area contributed by atoms with E-state index in [4.69, 9.17) is 5.11 Å². The fourth-order valence-corrected chi connectivity index (χ4v) is 3.02. The number of aliphatic hydroxyl groups is 1. The lowest BCUT2D eigenvalue weighted by Crippen LogP contribution is -2.45. The first kappa shape index (κ1) is 12.7. The Morgan fingerprint density at radius 1 is 1.41 bits per heavy atom. The molecular weight excluding hydrogens is 216 g/mol. The molecule has 0 aliphatic heterocycles. The molecule has 0 bridgehead atoms. The van der Waals surface area contributed by atoms with E-state index in [0.29, 0.717) is 11.5 Å². The highest BCUT2D eigenvalue weighted by atomic mass is 16.3. The zero-order valence-corrected chi connectivity index (χ0v) is 10.7. The van der Waals surface area contributed by atoms with E-state index in [9.17, 15) is 4.79 Å². The van der Waals surface area contributed by atoms with Crippen LogP contribution in [0.2, 0.25) is 0 Å². The normalized spacial score (nSPS) is 27.5. The zero-order chi connectivity index (χ0) is 12.3. The van der Waals surface area contributed by atoms with Gasteiger partial charge < -0.3 is 15.7 Å². The monoisotopic (exact) mass is 240 g/mol. The molecule has 17 heavy (non-hydrogen) atoms. The Morgan fingerprint density at radius 2 is 2.12 bits per heavy atom. The molecule has 4 heteroatoms. The third-order valence-corrected chi connectivity index (χ3v) is 4.39. The first-order valence-corrected chi connectivity index (χ1v) is 6.88. The van der Waals surface area contributed by atoms with Crippen LogP contribution >= 0.6 is 0 Å². The number of carbonyl (C=O) groups is 1. The van der Waals surface area contributed by atoms with Crippen molar-refractivity contribution in [3.63, 3.8) is 0 Å². The second-order valence-corrected chi connectivity index (χ2v) is 5.59. The van der Waals surface area contributed by atoms with E-state index in [0.717, 1.165) is 12.8 Å². The maximum atomic E-state index is 11.7. The Bertz CT molecular complexity index is 271. The third kappa shape index (κ3) is 2.92. The van der Waals surface area contributed by atoms with Crippen LogP contribution in [0, 0.1) is 5.41 Å². The Kier molecular flexibility index (Phi) is 3.92. The van der Waals surface area contributed by atoms with E-state index in [1.165, 1.54) is 32.1 Å². The number of nitrogens with one attached hydrogen (secondary N) is 2. The van der Waals surface area contributed by atoms with Crippen LogP contribution in [0.25, 0.3) is 0 Å². The number of hydrogen-bond donors (Lipinski definition) is 3. The van der Waals surface area contributed by atoms with E-state index in [-0.39, 0.29) is 18.7 Å². The number of aliphatic hydroxyl groups excluding tert-OH is 1. The molecule has 98 valence electrons. The molecule has 1 spiro atoms. The van der Waals surface area contributed by atoms with Crippen LogP contribution < -0.4 is 10.6 Å². The van der Waals surface area contributed by atoms with Gasteiger partial charge in [-0.2, -0.15) is 0 Å². The van der Waals surface area contributed by atoms with Crippen LogP contribution in [0.1, 0.15) is 51.9 Å². The molecule has 2 fully saturated rings. The van der Waals surface area contributed by atoms with Gasteiger partial charge in [-0.05, 0) is 31.1 Å². The molecule has 1 unspecified atom stereocenters. The summed E-state index contributed by atoms with van der Waals surface area (Å²) in [5, 5.41) is 14.9. The van der Waals surface area contributed by atoms with Gasteiger partial charge in [0.25, 0.3) is 0 Å². The van der Waals surface area contributed by atoms with Crippen LogP contribution in [0.3, 0.4) is 0 Å². The molecule has 0 heterocycles. The number of carbonyl (C=O) groups excluding carboxylic acids is 1. The van der Waals surface area contributed by atoms with Gasteiger partial charge in [0.1, 0.15) is 0 Å². The average molecular weight is 240 g/mol. The van der Waals surface area contributed by atoms with Crippen LogP contribution in [-0.4, -0.2) is 29.8 Å². The van der Waals surface area contributed by atoms with E-state index in [2.05, 4.69) is 10.6 Å². The summed E-state index contributed by atoms with van der Waals surface area (Å²) in [7, 11) is 0. The predicted octanol–water partition coefficient (Wildman–Crippen LogP) is 1.78. The van der Waals surface area contributed by atoms with E-state index < -0.39 is 0 Å². The lowest BCUT2D eigenvalue weighted by molar-refractivity contribution is 0.211. The summed E-state index contributed by atoms with van der Waals surface area (Å²) in [6.45, 7) is 1.97. The molecule has 3 N–H and O–H groups in total. The SMILES string of the molecule is CC[C@H](CO)NC(=O)NC1CC12CCCCC2. The first-order chi connectivity index (χ1) is 8.20. The quantitative estimate of drug-likeness (QED) is 0.701. The highest BCUT2D eigenvalue weighted by Crippen LogP contribution is 2.56. The van der Waals surface area contributed by atoms with Crippen molar-refractivity contribution in [1.29, 1.82) is 0 Å². The van der Waals surface area contributed by atoms with Crippen molar-refractivity contribution in [2.24, 2.45) is 5.41 Å². The van der Waals surface area contributed by atoms with Gasteiger partial charge >= 0.3 is 6.03 Å². The summed E-state index contributed by atoms with van der Waals surface area (Å²) >= 11 is 0. The average Bonchev–Trinajstić information content (AvgIpc) is 2.98. The molecule has 2 atom stereocenters. The summed E-state index contributed by atoms with van der Waals surface area (Å²) < 4.78 is 0. The number of rotatable bonds is 4. The zero-order valence-electron chi connectivity index (χ0n) is 10.7. The molecule has 2 amide bonds. The van der Waals surface area contributed by atoms with E-state index in [1.807, 2.05) is 6.92 Å². The molecule has 2 saturated carbocycles. The van der Waals surface area contributed by atoms with Crippen molar-refractivity contribution >= 4 is 6.03 Å². The van der Waals surface area contributed by atoms with Crippen molar-refractivity contribution in [3.05, 3.63) is 0 Å². The molecule has 0 saturated heterocycles. The Hall–Kier alpha value is -0.770. The van der Waals surface area contributed by atoms with Crippen molar-refractivity contribution < 1.29 is 9.90 Å². The molecule has 0 aromatic heterocycles. The van der Waals surface area contributed by atoms with Crippen molar-refractivity contribution in [3.8, 4) is 0 Å². The van der Waals surface area contributed by atoms with Gasteiger partial charge in [-0.15, -0.1) is 0 Å². The molecular formula is C13H24N2O2. The second-order valence-electron chi connectivity index (χ2n) is 5.59. The molecule has 2 aliphatic rings. The second kappa shape index (κ2) is 5.25. The summed E-state index contributed by atoms with van der Waals surface area (Å²) in [5.74, 6) is 0. The van der Waals surface area contributed by atoms with Gasteiger partial charge in [-0.3, -0.25) is 0 Å². The van der Waals surface area contributed by atoms with Crippen molar-refractivity contribution in [1.82, 2.24) is 10.6 Å². The topological polar surface area (TPSA) is 61.4 Å². The predicted molar refractivity (Wildman–Crippen MR) is 66.8 cm³/mol. The minimum Gasteiger partial charge on any atom is -0.394 e. The molecule has 2 aliphatic carbocycles.